The molecule has 0 aliphatic rings. The van der Waals surface area contributed by atoms with Crippen molar-refractivity contribution in [3.05, 3.63) is 0 Å². The van der Waals surface area contributed by atoms with Crippen LogP contribution in [0.2, 0.25) is 0 Å². The zero-order valence-corrected chi connectivity index (χ0v) is 10.2. The molecule has 0 radical (unpaired) electrons. The molecule has 0 aliphatic carbocycles. The predicted molar refractivity (Wildman–Crippen MR) is 56.7 cm³/mol. The fourth-order valence-corrected chi connectivity index (χ4v) is 1.54. The van der Waals surface area contributed by atoms with Crippen LogP contribution in [0.3, 0.4) is 0 Å². The van der Waals surface area contributed by atoms with Crippen LogP contribution < -0.4 is 0 Å². The first kappa shape index (κ1) is 14.6. The predicted octanol–water partition coefficient (Wildman–Crippen LogP) is 1.10. The van der Waals surface area contributed by atoms with Crippen molar-refractivity contribution in [2.24, 2.45) is 5.41 Å². The number of esters is 2. The zero-order chi connectivity index (χ0) is 12.8. The van der Waals surface area contributed by atoms with Gasteiger partial charge in [0.25, 0.3) is 0 Å². The molecule has 0 amide bonds. The second kappa shape index (κ2) is 6.25. The van der Waals surface area contributed by atoms with E-state index >= 15 is 0 Å². The quantitative estimate of drug-likeness (QED) is 0.639. The Bertz CT molecular complexity index is 284. The van der Waals surface area contributed by atoms with Gasteiger partial charge < -0.3 is 9.47 Å². The van der Waals surface area contributed by atoms with Crippen molar-refractivity contribution in [2.45, 2.75) is 33.1 Å². The van der Waals surface area contributed by atoms with Crippen molar-refractivity contribution < 1.29 is 23.9 Å². The van der Waals surface area contributed by atoms with Gasteiger partial charge in [-0.1, -0.05) is 0 Å². The number of ketones is 1. The third kappa shape index (κ3) is 4.42. The second-order valence-electron chi connectivity index (χ2n) is 4.01. The molecule has 5 nitrogen and oxygen atoms in total. The van der Waals surface area contributed by atoms with E-state index in [0.29, 0.717) is 0 Å². The molecule has 1 atom stereocenters. The van der Waals surface area contributed by atoms with Gasteiger partial charge in [-0.2, -0.15) is 0 Å². The van der Waals surface area contributed by atoms with Crippen LogP contribution in [0.1, 0.15) is 33.1 Å². The van der Waals surface area contributed by atoms with E-state index in [1.54, 1.807) is 6.92 Å². The first-order chi connectivity index (χ1) is 7.35. The van der Waals surface area contributed by atoms with E-state index in [0.717, 1.165) is 0 Å². The third-order valence-electron chi connectivity index (χ3n) is 2.43. The fraction of sp³-hybridized carbons (Fsp3) is 0.727. The van der Waals surface area contributed by atoms with Gasteiger partial charge in [0.15, 0.2) is 0 Å². The molecule has 0 rings (SSSR count). The molecular weight excluding hydrogens is 212 g/mol. The first-order valence-corrected chi connectivity index (χ1v) is 5.00. The molecule has 0 bridgehead atoms. The maximum absolute atomic E-state index is 11.5. The van der Waals surface area contributed by atoms with Gasteiger partial charge in [-0.3, -0.25) is 14.4 Å². The highest BCUT2D eigenvalue weighted by Gasteiger charge is 2.36. The number of Topliss-reactive ketones (excluding diaryl/α,β-unsaturated/α-hetero) is 1. The second-order valence-corrected chi connectivity index (χ2v) is 4.01. The van der Waals surface area contributed by atoms with E-state index in [9.17, 15) is 14.4 Å². The van der Waals surface area contributed by atoms with Gasteiger partial charge in [-0.05, 0) is 20.3 Å². The van der Waals surface area contributed by atoms with Crippen molar-refractivity contribution in [3.8, 4) is 0 Å². The normalized spacial score (nSPS) is 13.8. The summed E-state index contributed by atoms with van der Waals surface area (Å²) >= 11 is 0. The van der Waals surface area contributed by atoms with E-state index < -0.39 is 17.4 Å². The Morgan fingerprint density at radius 1 is 1.12 bits per heavy atom. The van der Waals surface area contributed by atoms with Gasteiger partial charge in [-0.25, -0.2) is 0 Å². The minimum atomic E-state index is -0.950. The lowest BCUT2D eigenvalue weighted by Crippen LogP contribution is -2.32. The number of rotatable bonds is 6. The highest BCUT2D eigenvalue weighted by Crippen LogP contribution is 2.29. The fourth-order valence-electron chi connectivity index (χ4n) is 1.54. The highest BCUT2D eigenvalue weighted by atomic mass is 16.5. The molecule has 92 valence electrons. The molecule has 0 aromatic heterocycles. The van der Waals surface area contributed by atoms with Crippen molar-refractivity contribution in [2.75, 3.05) is 14.2 Å². The van der Waals surface area contributed by atoms with E-state index in [1.165, 1.54) is 21.1 Å². The topological polar surface area (TPSA) is 69.7 Å². The molecule has 0 aromatic carbocycles. The van der Waals surface area contributed by atoms with Crippen molar-refractivity contribution in [1.82, 2.24) is 0 Å². The molecule has 0 aliphatic heterocycles. The Hall–Kier alpha value is -1.39. The number of ether oxygens (including phenoxy) is 2. The van der Waals surface area contributed by atoms with Gasteiger partial charge >= 0.3 is 11.9 Å². The van der Waals surface area contributed by atoms with Crippen molar-refractivity contribution >= 4 is 17.7 Å². The lowest BCUT2D eigenvalue weighted by Gasteiger charge is -2.24. The van der Waals surface area contributed by atoms with Crippen molar-refractivity contribution in [1.29, 1.82) is 0 Å². The largest absolute Gasteiger partial charge is 0.469 e. The minimum absolute atomic E-state index is 0.0661. The van der Waals surface area contributed by atoms with Crippen molar-refractivity contribution in [3.63, 3.8) is 0 Å². The summed E-state index contributed by atoms with van der Waals surface area (Å²) in [7, 11) is 2.54. The average molecular weight is 230 g/mol. The van der Waals surface area contributed by atoms with Gasteiger partial charge in [0.05, 0.1) is 19.6 Å². The number of carbonyl (C=O) groups excluding carboxylic acids is 3. The van der Waals surface area contributed by atoms with Crippen LogP contribution in [0.5, 0.6) is 0 Å². The molecule has 0 N–H and O–H groups in total. The SMILES string of the molecule is COC(=O)CCC(C)(CC(C)=O)C(=O)OC. The molecule has 0 fully saturated rings. The molecule has 0 heterocycles. The zero-order valence-electron chi connectivity index (χ0n) is 10.2. The Labute approximate surface area is 95.1 Å². The molecule has 0 saturated heterocycles. The molecule has 16 heavy (non-hydrogen) atoms. The van der Waals surface area contributed by atoms with Crippen LogP contribution in [0.15, 0.2) is 0 Å². The lowest BCUT2D eigenvalue weighted by molar-refractivity contribution is -0.155. The van der Waals surface area contributed by atoms with Crippen LogP contribution in [0.25, 0.3) is 0 Å². The summed E-state index contributed by atoms with van der Waals surface area (Å²) in [6, 6.07) is 0. The molecular formula is C11H18O5. The summed E-state index contributed by atoms with van der Waals surface area (Å²) in [6.45, 7) is 3.02. The smallest absolute Gasteiger partial charge is 0.311 e. The van der Waals surface area contributed by atoms with Crippen LogP contribution in [-0.2, 0) is 23.9 Å². The Morgan fingerprint density at radius 2 is 1.69 bits per heavy atom. The highest BCUT2D eigenvalue weighted by molar-refractivity contribution is 5.85. The molecule has 0 saturated carbocycles. The maximum Gasteiger partial charge on any atom is 0.311 e. The number of hydrogen-bond donors (Lipinski definition) is 0. The molecule has 0 aromatic rings. The summed E-state index contributed by atoms with van der Waals surface area (Å²) in [6.07, 6.45) is 0.401. The van der Waals surface area contributed by atoms with Crippen LogP contribution >= 0.6 is 0 Å². The van der Waals surface area contributed by atoms with Crippen LogP contribution in [0, 0.1) is 5.41 Å². The van der Waals surface area contributed by atoms with Gasteiger partial charge in [-0.15, -0.1) is 0 Å². The number of methoxy groups -OCH3 is 2. The standard InChI is InChI=1S/C11H18O5/c1-8(12)7-11(2,10(14)16-4)6-5-9(13)15-3/h5-7H2,1-4H3. The van der Waals surface area contributed by atoms with E-state index in [4.69, 9.17) is 0 Å². The number of hydrogen-bond acceptors (Lipinski definition) is 5. The average Bonchev–Trinajstić information content (AvgIpc) is 2.23. The lowest BCUT2D eigenvalue weighted by atomic mass is 9.81. The summed E-state index contributed by atoms with van der Waals surface area (Å²) in [4.78, 5) is 33.6. The third-order valence-corrected chi connectivity index (χ3v) is 2.43. The Balaban J connectivity index is 4.60. The molecule has 5 heteroatoms. The van der Waals surface area contributed by atoms with Crippen LogP contribution in [0.4, 0.5) is 0 Å². The number of carbonyl (C=O) groups is 3. The Morgan fingerprint density at radius 3 is 2.06 bits per heavy atom. The minimum Gasteiger partial charge on any atom is -0.469 e. The van der Waals surface area contributed by atoms with E-state index in [2.05, 4.69) is 9.47 Å². The van der Waals surface area contributed by atoms with Gasteiger partial charge in [0.1, 0.15) is 5.78 Å². The van der Waals surface area contributed by atoms with Gasteiger partial charge in [0, 0.05) is 12.8 Å². The van der Waals surface area contributed by atoms with Gasteiger partial charge in [0.2, 0.25) is 0 Å². The van der Waals surface area contributed by atoms with Crippen LogP contribution in [-0.4, -0.2) is 31.9 Å². The van der Waals surface area contributed by atoms with E-state index in [1.807, 2.05) is 0 Å². The summed E-state index contributed by atoms with van der Waals surface area (Å²) in [5.41, 5.74) is -0.950. The summed E-state index contributed by atoms with van der Waals surface area (Å²) in [5, 5.41) is 0. The first-order valence-electron chi connectivity index (χ1n) is 5.00. The Kier molecular flexibility index (Phi) is 5.71. The summed E-state index contributed by atoms with van der Waals surface area (Å²) < 4.78 is 9.13. The van der Waals surface area contributed by atoms with E-state index in [-0.39, 0.29) is 25.0 Å². The monoisotopic (exact) mass is 230 g/mol. The molecule has 0 spiro atoms. The summed E-state index contributed by atoms with van der Waals surface area (Å²) in [5.74, 6) is -0.997. The maximum atomic E-state index is 11.5. The molecule has 1 unspecified atom stereocenters.